The molecule has 2 aromatic carbocycles. The Labute approximate surface area is 119 Å². The maximum absolute atomic E-state index is 13.5. The number of halogens is 4. The molecule has 0 fully saturated rings. The quantitative estimate of drug-likeness (QED) is 0.822. The lowest BCUT2D eigenvalue weighted by Gasteiger charge is -2.11. The molecule has 0 aliphatic carbocycles. The van der Waals surface area contributed by atoms with Gasteiger partial charge in [0.2, 0.25) is 0 Å². The molecule has 2 rings (SSSR count). The molecule has 0 atom stereocenters. The highest BCUT2D eigenvalue weighted by molar-refractivity contribution is 5.48. The van der Waals surface area contributed by atoms with Gasteiger partial charge < -0.3 is 10.1 Å². The summed E-state index contributed by atoms with van der Waals surface area (Å²) in [5.41, 5.74) is 2.03. The van der Waals surface area contributed by atoms with Crippen LogP contribution in [-0.4, -0.2) is 6.61 Å². The van der Waals surface area contributed by atoms with Crippen molar-refractivity contribution in [3.63, 3.8) is 0 Å². The van der Waals surface area contributed by atoms with Crippen molar-refractivity contribution in [2.24, 2.45) is 0 Å². The molecule has 0 aliphatic heterocycles. The molecule has 0 radical (unpaired) electrons. The Kier molecular flexibility index (Phi) is 4.67. The third-order valence-corrected chi connectivity index (χ3v) is 2.94. The Hall–Kier alpha value is -2.24. The van der Waals surface area contributed by atoms with Crippen molar-refractivity contribution >= 4 is 5.69 Å². The molecule has 0 unspecified atom stereocenters. The van der Waals surface area contributed by atoms with E-state index in [0.717, 1.165) is 23.3 Å². The van der Waals surface area contributed by atoms with Gasteiger partial charge in [0.25, 0.3) is 0 Å². The van der Waals surface area contributed by atoms with Crippen LogP contribution in [0, 0.1) is 18.6 Å². The van der Waals surface area contributed by atoms with Gasteiger partial charge in [-0.2, -0.15) is 8.78 Å². The minimum absolute atomic E-state index is 0.323. The molecule has 0 saturated heterocycles. The second-order valence-corrected chi connectivity index (χ2v) is 4.45. The summed E-state index contributed by atoms with van der Waals surface area (Å²) in [4.78, 5) is 0. The minimum Gasteiger partial charge on any atom is -0.432 e. The standard InChI is InChI=1S/C15H13F4NO/c1-9-6-11(16)3-2-10(9)8-20-12-4-5-14(13(17)7-12)21-15(18)19/h2-7,15,20H,8H2,1H3. The van der Waals surface area contributed by atoms with E-state index in [4.69, 9.17) is 0 Å². The average molecular weight is 299 g/mol. The smallest absolute Gasteiger partial charge is 0.387 e. The lowest BCUT2D eigenvalue weighted by atomic mass is 10.1. The first-order chi connectivity index (χ1) is 9.95. The summed E-state index contributed by atoms with van der Waals surface area (Å²) in [6.07, 6.45) is 0. The Morgan fingerprint density at radius 2 is 1.86 bits per heavy atom. The maximum atomic E-state index is 13.5. The van der Waals surface area contributed by atoms with Gasteiger partial charge >= 0.3 is 6.61 Å². The summed E-state index contributed by atoms with van der Waals surface area (Å²) in [5.74, 6) is -1.71. The van der Waals surface area contributed by atoms with Crippen molar-refractivity contribution in [3.8, 4) is 5.75 Å². The van der Waals surface area contributed by atoms with E-state index < -0.39 is 18.2 Å². The highest BCUT2D eigenvalue weighted by Crippen LogP contribution is 2.23. The van der Waals surface area contributed by atoms with Gasteiger partial charge in [0, 0.05) is 18.3 Å². The van der Waals surface area contributed by atoms with Crippen LogP contribution < -0.4 is 10.1 Å². The summed E-state index contributed by atoms with van der Waals surface area (Å²) in [5, 5.41) is 2.94. The van der Waals surface area contributed by atoms with Crippen LogP contribution in [0.25, 0.3) is 0 Å². The van der Waals surface area contributed by atoms with Gasteiger partial charge in [-0.25, -0.2) is 8.78 Å². The zero-order chi connectivity index (χ0) is 15.4. The van der Waals surface area contributed by atoms with Crippen LogP contribution in [-0.2, 0) is 6.54 Å². The van der Waals surface area contributed by atoms with Gasteiger partial charge in [-0.15, -0.1) is 0 Å². The molecule has 0 aromatic heterocycles. The van der Waals surface area contributed by atoms with Crippen molar-refractivity contribution in [1.82, 2.24) is 0 Å². The molecular weight excluding hydrogens is 286 g/mol. The summed E-state index contributed by atoms with van der Waals surface area (Å²) in [6, 6.07) is 7.99. The van der Waals surface area contributed by atoms with E-state index in [1.807, 2.05) is 0 Å². The first-order valence-electron chi connectivity index (χ1n) is 6.19. The SMILES string of the molecule is Cc1cc(F)ccc1CNc1ccc(OC(F)F)c(F)c1. The largest absolute Gasteiger partial charge is 0.432 e. The lowest BCUT2D eigenvalue weighted by Crippen LogP contribution is -2.05. The summed E-state index contributed by atoms with van der Waals surface area (Å²) >= 11 is 0. The van der Waals surface area contributed by atoms with Crippen LogP contribution in [0.4, 0.5) is 23.2 Å². The molecule has 0 bridgehead atoms. The number of aryl methyl sites for hydroxylation is 1. The number of rotatable bonds is 5. The van der Waals surface area contributed by atoms with Crippen molar-refractivity contribution in [2.45, 2.75) is 20.1 Å². The molecule has 21 heavy (non-hydrogen) atoms. The Bertz CT molecular complexity index is 631. The van der Waals surface area contributed by atoms with E-state index in [0.29, 0.717) is 12.2 Å². The molecule has 1 N–H and O–H groups in total. The molecule has 0 amide bonds. The molecule has 0 spiro atoms. The van der Waals surface area contributed by atoms with Gasteiger partial charge in [0.15, 0.2) is 11.6 Å². The molecule has 0 saturated carbocycles. The van der Waals surface area contributed by atoms with E-state index in [9.17, 15) is 17.6 Å². The molecule has 0 aliphatic rings. The first kappa shape index (κ1) is 15.2. The predicted octanol–water partition coefficient (Wildman–Crippen LogP) is 4.49. The van der Waals surface area contributed by atoms with E-state index in [1.54, 1.807) is 13.0 Å². The Morgan fingerprint density at radius 1 is 1.10 bits per heavy atom. The molecule has 2 aromatic rings. The zero-order valence-corrected chi connectivity index (χ0v) is 11.2. The van der Waals surface area contributed by atoms with Crippen molar-refractivity contribution in [1.29, 1.82) is 0 Å². The second kappa shape index (κ2) is 6.47. The fraction of sp³-hybridized carbons (Fsp3) is 0.200. The van der Waals surface area contributed by atoms with Gasteiger partial charge in [-0.1, -0.05) is 6.07 Å². The molecule has 112 valence electrons. The van der Waals surface area contributed by atoms with Gasteiger partial charge in [0.1, 0.15) is 5.82 Å². The molecule has 2 nitrogen and oxygen atoms in total. The van der Waals surface area contributed by atoms with Crippen LogP contribution in [0.1, 0.15) is 11.1 Å². The van der Waals surface area contributed by atoms with Crippen LogP contribution in [0.5, 0.6) is 5.75 Å². The molecular formula is C15H13F4NO. The van der Waals surface area contributed by atoms with Crippen LogP contribution in [0.3, 0.4) is 0 Å². The maximum Gasteiger partial charge on any atom is 0.387 e. The highest BCUT2D eigenvalue weighted by Gasteiger charge is 2.10. The monoisotopic (exact) mass is 299 g/mol. The average Bonchev–Trinajstić information content (AvgIpc) is 2.40. The van der Waals surface area contributed by atoms with E-state index in [1.165, 1.54) is 18.2 Å². The number of alkyl halides is 2. The van der Waals surface area contributed by atoms with E-state index in [-0.39, 0.29) is 5.82 Å². The number of hydrogen-bond acceptors (Lipinski definition) is 2. The molecule has 6 heteroatoms. The van der Waals surface area contributed by atoms with E-state index in [2.05, 4.69) is 10.1 Å². The normalized spacial score (nSPS) is 10.8. The minimum atomic E-state index is -3.07. The number of benzene rings is 2. The van der Waals surface area contributed by atoms with Crippen LogP contribution >= 0.6 is 0 Å². The fourth-order valence-electron chi connectivity index (χ4n) is 1.86. The number of ether oxygens (including phenoxy) is 1. The number of nitrogens with one attached hydrogen (secondary N) is 1. The summed E-state index contributed by atoms with van der Waals surface area (Å²) in [6.45, 7) is -0.943. The zero-order valence-electron chi connectivity index (χ0n) is 11.2. The number of hydrogen-bond donors (Lipinski definition) is 1. The van der Waals surface area contributed by atoms with Crippen LogP contribution in [0.15, 0.2) is 36.4 Å². The van der Waals surface area contributed by atoms with Crippen molar-refractivity contribution < 1.29 is 22.3 Å². The van der Waals surface area contributed by atoms with Gasteiger partial charge in [-0.3, -0.25) is 0 Å². The second-order valence-electron chi connectivity index (χ2n) is 4.45. The fourth-order valence-corrected chi connectivity index (χ4v) is 1.86. The first-order valence-corrected chi connectivity index (χ1v) is 6.19. The topological polar surface area (TPSA) is 21.3 Å². The third-order valence-electron chi connectivity index (χ3n) is 2.94. The van der Waals surface area contributed by atoms with E-state index >= 15 is 0 Å². The third kappa shape index (κ3) is 4.11. The van der Waals surface area contributed by atoms with Gasteiger partial charge in [-0.05, 0) is 42.3 Å². The number of anilines is 1. The Balaban J connectivity index is 2.05. The Morgan fingerprint density at radius 3 is 2.48 bits per heavy atom. The highest BCUT2D eigenvalue weighted by atomic mass is 19.3. The van der Waals surface area contributed by atoms with Gasteiger partial charge in [0.05, 0.1) is 0 Å². The van der Waals surface area contributed by atoms with Crippen LogP contribution in [0.2, 0.25) is 0 Å². The summed E-state index contributed by atoms with van der Waals surface area (Å²) < 4.78 is 54.5. The van der Waals surface area contributed by atoms with Crippen molar-refractivity contribution in [2.75, 3.05) is 5.32 Å². The molecule has 0 heterocycles. The predicted molar refractivity (Wildman–Crippen MR) is 71.5 cm³/mol. The van der Waals surface area contributed by atoms with Crippen molar-refractivity contribution in [3.05, 3.63) is 59.2 Å². The lowest BCUT2D eigenvalue weighted by molar-refractivity contribution is -0.0521. The summed E-state index contributed by atoms with van der Waals surface area (Å²) in [7, 11) is 0.